The molecule has 3 aromatic rings. The fraction of sp³-hybridized carbons (Fsp3) is 0.276. The molecule has 11 heteroatoms. The van der Waals surface area contributed by atoms with E-state index < -0.39 is 29.5 Å². The third-order valence-corrected chi connectivity index (χ3v) is 6.86. The first-order valence-electron chi connectivity index (χ1n) is 12.7. The van der Waals surface area contributed by atoms with E-state index in [1.165, 1.54) is 42.5 Å². The molecule has 3 aromatic carbocycles. The standard InChI is InChI=1S/C29H30N2O9/c32-19-8-6-16(7-9-19)27(36)31-15-18-14-30-10-2-5-26(18)40-29(39)17-11-24(34)22(25(35)12-17)13-21-20(28(37)38)3-1-4-23(21)33/h1,3-4,6-9,11-12,18,26,30,32-35H,2,5,10,13-15H2,(H,31,36)(H,37,38). The van der Waals surface area contributed by atoms with Gasteiger partial charge in [-0.05, 0) is 67.9 Å². The van der Waals surface area contributed by atoms with Gasteiger partial charge in [0.2, 0.25) is 0 Å². The van der Waals surface area contributed by atoms with Crippen LogP contribution in [0.25, 0.3) is 0 Å². The number of esters is 1. The number of nitrogens with one attached hydrogen (secondary N) is 2. The molecular weight excluding hydrogens is 520 g/mol. The van der Waals surface area contributed by atoms with Crippen LogP contribution in [0.15, 0.2) is 54.6 Å². The Balaban J connectivity index is 1.47. The predicted molar refractivity (Wildman–Crippen MR) is 143 cm³/mol. The summed E-state index contributed by atoms with van der Waals surface area (Å²) in [5.41, 5.74) is 0.0118. The van der Waals surface area contributed by atoms with Crippen molar-refractivity contribution in [3.8, 4) is 23.0 Å². The Morgan fingerprint density at radius 1 is 0.900 bits per heavy atom. The molecular formula is C29H30N2O9. The Labute approximate surface area is 229 Å². The van der Waals surface area contributed by atoms with E-state index in [1.54, 1.807) is 0 Å². The van der Waals surface area contributed by atoms with Crippen LogP contribution >= 0.6 is 0 Å². The van der Waals surface area contributed by atoms with E-state index in [4.69, 9.17) is 4.74 Å². The molecule has 0 aliphatic carbocycles. The fourth-order valence-corrected chi connectivity index (χ4v) is 4.66. The van der Waals surface area contributed by atoms with Gasteiger partial charge in [-0.15, -0.1) is 0 Å². The normalized spacial score (nSPS) is 17.0. The molecule has 1 aliphatic heterocycles. The SMILES string of the molecule is O=C(NCC1CNCCCC1OC(=O)c1cc(O)c(Cc2c(O)cccc2C(=O)O)c(O)c1)c1ccc(O)cc1. The minimum absolute atomic E-state index is 0.000856. The summed E-state index contributed by atoms with van der Waals surface area (Å²) in [6, 6.07) is 12.0. The van der Waals surface area contributed by atoms with Crippen LogP contribution in [0.2, 0.25) is 0 Å². The quantitative estimate of drug-likeness (QED) is 0.206. The molecule has 0 spiro atoms. The summed E-state index contributed by atoms with van der Waals surface area (Å²) in [5.74, 6) is -3.86. The van der Waals surface area contributed by atoms with Gasteiger partial charge in [0.15, 0.2) is 0 Å². The lowest BCUT2D eigenvalue weighted by Crippen LogP contribution is -2.40. The van der Waals surface area contributed by atoms with Gasteiger partial charge in [0, 0.05) is 42.1 Å². The van der Waals surface area contributed by atoms with Gasteiger partial charge in [0.1, 0.15) is 29.1 Å². The summed E-state index contributed by atoms with van der Waals surface area (Å²) in [4.78, 5) is 37.1. The molecule has 1 amide bonds. The number of carbonyl (C=O) groups excluding carboxylic acids is 2. The summed E-state index contributed by atoms with van der Waals surface area (Å²) in [6.45, 7) is 1.40. The molecule has 11 nitrogen and oxygen atoms in total. The van der Waals surface area contributed by atoms with Crippen LogP contribution < -0.4 is 10.6 Å². The van der Waals surface area contributed by atoms with Crippen LogP contribution in [0, 0.1) is 5.92 Å². The van der Waals surface area contributed by atoms with Crippen molar-refractivity contribution in [2.24, 2.45) is 5.92 Å². The average Bonchev–Trinajstić information content (AvgIpc) is 3.14. The van der Waals surface area contributed by atoms with Crippen LogP contribution in [-0.2, 0) is 11.2 Å². The van der Waals surface area contributed by atoms with Crippen molar-refractivity contribution >= 4 is 17.8 Å². The number of phenolic OH excluding ortho intramolecular Hbond substituents is 4. The van der Waals surface area contributed by atoms with E-state index in [1.807, 2.05) is 0 Å². The molecule has 40 heavy (non-hydrogen) atoms. The molecule has 1 saturated heterocycles. The van der Waals surface area contributed by atoms with E-state index in [9.17, 15) is 39.9 Å². The van der Waals surface area contributed by atoms with Gasteiger partial charge in [0.25, 0.3) is 5.91 Å². The molecule has 0 saturated carbocycles. The summed E-state index contributed by atoms with van der Waals surface area (Å²) < 4.78 is 5.76. The minimum atomic E-state index is -1.28. The molecule has 1 fully saturated rings. The molecule has 2 unspecified atom stereocenters. The number of carboxylic acid groups (broad SMARTS) is 1. The van der Waals surface area contributed by atoms with Crippen LogP contribution in [-0.4, -0.2) is 69.1 Å². The Hall–Kier alpha value is -4.77. The van der Waals surface area contributed by atoms with Gasteiger partial charge >= 0.3 is 11.9 Å². The van der Waals surface area contributed by atoms with Crippen LogP contribution in [0.5, 0.6) is 23.0 Å². The number of aromatic carboxylic acids is 1. The second-order valence-electron chi connectivity index (χ2n) is 9.59. The highest BCUT2D eigenvalue weighted by Gasteiger charge is 2.29. The average molecular weight is 551 g/mol. The minimum Gasteiger partial charge on any atom is -0.508 e. The molecule has 7 N–H and O–H groups in total. The maximum absolute atomic E-state index is 13.0. The lowest BCUT2D eigenvalue weighted by Gasteiger charge is -2.25. The summed E-state index contributed by atoms with van der Waals surface area (Å²) in [7, 11) is 0. The maximum atomic E-state index is 13.0. The second kappa shape index (κ2) is 12.4. The Bertz CT molecular complexity index is 1380. The fourth-order valence-electron chi connectivity index (χ4n) is 4.66. The van der Waals surface area contributed by atoms with E-state index >= 15 is 0 Å². The Morgan fingerprint density at radius 2 is 1.60 bits per heavy atom. The van der Waals surface area contributed by atoms with E-state index in [-0.39, 0.29) is 58.5 Å². The van der Waals surface area contributed by atoms with Gasteiger partial charge in [0.05, 0.1) is 11.1 Å². The van der Waals surface area contributed by atoms with Crippen molar-refractivity contribution in [1.82, 2.24) is 10.6 Å². The first kappa shape index (κ1) is 28.2. The van der Waals surface area contributed by atoms with Crippen molar-refractivity contribution in [2.45, 2.75) is 25.4 Å². The van der Waals surface area contributed by atoms with Gasteiger partial charge < -0.3 is 40.9 Å². The molecule has 0 radical (unpaired) electrons. The van der Waals surface area contributed by atoms with Gasteiger partial charge in [-0.3, -0.25) is 4.79 Å². The number of rotatable bonds is 8. The molecule has 1 heterocycles. The van der Waals surface area contributed by atoms with Crippen molar-refractivity contribution in [3.05, 3.63) is 82.4 Å². The van der Waals surface area contributed by atoms with Crippen molar-refractivity contribution < 1.29 is 44.7 Å². The number of hydrogen-bond acceptors (Lipinski definition) is 9. The van der Waals surface area contributed by atoms with Gasteiger partial charge in [-0.2, -0.15) is 0 Å². The lowest BCUT2D eigenvalue weighted by atomic mass is 9.96. The number of ether oxygens (including phenoxy) is 1. The van der Waals surface area contributed by atoms with E-state index in [0.29, 0.717) is 25.1 Å². The third kappa shape index (κ3) is 6.62. The van der Waals surface area contributed by atoms with Crippen LogP contribution in [0.4, 0.5) is 0 Å². The summed E-state index contributed by atoms with van der Waals surface area (Å²) >= 11 is 0. The van der Waals surface area contributed by atoms with Crippen LogP contribution in [0.3, 0.4) is 0 Å². The predicted octanol–water partition coefficient (Wildman–Crippen LogP) is 2.75. The van der Waals surface area contributed by atoms with Gasteiger partial charge in [-0.25, -0.2) is 9.59 Å². The summed E-state index contributed by atoms with van der Waals surface area (Å²) in [6.07, 6.45) is 0.395. The monoisotopic (exact) mass is 550 g/mol. The zero-order valence-electron chi connectivity index (χ0n) is 21.5. The first-order chi connectivity index (χ1) is 19.1. The topological polar surface area (TPSA) is 186 Å². The molecule has 2 atom stereocenters. The van der Waals surface area contributed by atoms with Crippen LogP contribution in [0.1, 0.15) is 55.0 Å². The third-order valence-electron chi connectivity index (χ3n) is 6.86. The second-order valence-corrected chi connectivity index (χ2v) is 9.59. The molecule has 0 aromatic heterocycles. The first-order valence-corrected chi connectivity index (χ1v) is 12.7. The van der Waals surface area contributed by atoms with E-state index in [0.717, 1.165) is 18.6 Å². The van der Waals surface area contributed by atoms with Crippen molar-refractivity contribution in [1.29, 1.82) is 0 Å². The molecule has 4 rings (SSSR count). The Kier molecular flexibility index (Phi) is 8.75. The number of benzene rings is 3. The number of phenols is 4. The maximum Gasteiger partial charge on any atom is 0.338 e. The summed E-state index contributed by atoms with van der Waals surface area (Å²) in [5, 5.41) is 56.3. The van der Waals surface area contributed by atoms with Gasteiger partial charge in [-0.1, -0.05) is 6.07 Å². The van der Waals surface area contributed by atoms with E-state index in [2.05, 4.69) is 10.6 Å². The molecule has 1 aliphatic rings. The number of aromatic hydroxyl groups is 4. The smallest absolute Gasteiger partial charge is 0.338 e. The van der Waals surface area contributed by atoms with Crippen molar-refractivity contribution in [3.63, 3.8) is 0 Å². The largest absolute Gasteiger partial charge is 0.508 e. The highest BCUT2D eigenvalue weighted by Crippen LogP contribution is 2.35. The number of hydrogen-bond donors (Lipinski definition) is 7. The van der Waals surface area contributed by atoms with Crippen molar-refractivity contribution in [2.75, 3.05) is 19.6 Å². The number of carboxylic acids is 1. The number of carbonyl (C=O) groups is 3. The zero-order chi connectivity index (χ0) is 28.8. The lowest BCUT2D eigenvalue weighted by molar-refractivity contribution is 0.0135. The molecule has 0 bridgehead atoms. The molecule has 210 valence electrons. The zero-order valence-corrected chi connectivity index (χ0v) is 21.5. The Morgan fingerprint density at radius 3 is 2.27 bits per heavy atom. The number of amides is 1. The highest BCUT2D eigenvalue weighted by atomic mass is 16.5. The highest BCUT2D eigenvalue weighted by molar-refractivity contribution is 5.94.